The largest absolute Gasteiger partial charge is 0.481 e. The van der Waals surface area contributed by atoms with Crippen molar-refractivity contribution < 1.29 is 29.0 Å². The van der Waals surface area contributed by atoms with Crippen LogP contribution in [0.3, 0.4) is 0 Å². The summed E-state index contributed by atoms with van der Waals surface area (Å²) in [7, 11) is 4.56. The van der Waals surface area contributed by atoms with Gasteiger partial charge in [-0.25, -0.2) is 4.79 Å². The van der Waals surface area contributed by atoms with Crippen molar-refractivity contribution >= 4 is 35.6 Å². The molecule has 0 fully saturated rings. The third-order valence-corrected chi connectivity index (χ3v) is 5.30. The fourth-order valence-corrected chi connectivity index (χ4v) is 3.19. The standard InChI is InChI=1S/C21H39N3O6S/c1-21(2,3)30-20(29)23(5)13-12-22(4)19(28)16(15-18(26)27)24(6)17(25)11-9-8-10-14-31-7/h16H,8-15H2,1-7H3,(H,26,27)/t16-/m0/s1. The molecule has 0 heterocycles. The van der Waals surface area contributed by atoms with E-state index in [2.05, 4.69) is 0 Å². The van der Waals surface area contributed by atoms with E-state index in [9.17, 15) is 24.3 Å². The number of aliphatic carboxylic acids is 1. The maximum absolute atomic E-state index is 12.9. The Bertz CT molecular complexity index is 608. The Kier molecular flexibility index (Phi) is 13.3. The van der Waals surface area contributed by atoms with E-state index in [1.54, 1.807) is 39.6 Å². The minimum Gasteiger partial charge on any atom is -0.481 e. The molecule has 31 heavy (non-hydrogen) atoms. The number of ether oxygens (including phenoxy) is 1. The highest BCUT2D eigenvalue weighted by molar-refractivity contribution is 7.98. The minimum absolute atomic E-state index is 0.182. The number of carboxylic acid groups (broad SMARTS) is 1. The van der Waals surface area contributed by atoms with Crippen LogP contribution >= 0.6 is 11.8 Å². The number of thioether (sulfide) groups is 1. The van der Waals surface area contributed by atoms with Crippen LogP contribution in [0.1, 0.15) is 52.9 Å². The van der Waals surface area contributed by atoms with Gasteiger partial charge >= 0.3 is 12.1 Å². The van der Waals surface area contributed by atoms with Crippen LogP contribution in [0, 0.1) is 0 Å². The van der Waals surface area contributed by atoms with E-state index in [4.69, 9.17) is 4.74 Å². The molecule has 0 aliphatic rings. The van der Waals surface area contributed by atoms with E-state index in [0.717, 1.165) is 18.6 Å². The summed E-state index contributed by atoms with van der Waals surface area (Å²) in [5, 5.41) is 9.24. The number of hydrogen-bond acceptors (Lipinski definition) is 6. The summed E-state index contributed by atoms with van der Waals surface area (Å²) < 4.78 is 5.28. The number of rotatable bonds is 13. The Hall–Kier alpha value is -1.97. The van der Waals surface area contributed by atoms with Gasteiger partial charge in [-0.15, -0.1) is 0 Å². The molecule has 3 amide bonds. The van der Waals surface area contributed by atoms with Crippen LogP contribution in [0.4, 0.5) is 4.79 Å². The van der Waals surface area contributed by atoms with E-state index in [-0.39, 0.29) is 25.4 Å². The number of amides is 3. The van der Waals surface area contributed by atoms with Crippen molar-refractivity contribution in [3.63, 3.8) is 0 Å². The van der Waals surface area contributed by atoms with E-state index < -0.39 is 36.0 Å². The number of unbranched alkanes of at least 4 members (excludes halogenated alkanes) is 2. The average Bonchev–Trinajstić information content (AvgIpc) is 2.66. The highest BCUT2D eigenvalue weighted by atomic mass is 32.2. The van der Waals surface area contributed by atoms with Crippen molar-refractivity contribution in [2.45, 2.75) is 64.5 Å². The minimum atomic E-state index is -1.16. The molecule has 0 aromatic rings. The zero-order chi connectivity index (χ0) is 24.2. The normalized spacial score (nSPS) is 12.1. The summed E-state index contributed by atoms with van der Waals surface area (Å²) in [5.41, 5.74) is -0.627. The van der Waals surface area contributed by atoms with Gasteiger partial charge in [0.2, 0.25) is 11.8 Å². The van der Waals surface area contributed by atoms with Gasteiger partial charge in [0.05, 0.1) is 6.42 Å². The van der Waals surface area contributed by atoms with Crippen molar-refractivity contribution in [3.8, 4) is 0 Å². The summed E-state index contributed by atoms with van der Waals surface area (Å²) in [4.78, 5) is 52.7. The summed E-state index contributed by atoms with van der Waals surface area (Å²) in [6.07, 6.45) is 3.96. The second kappa shape index (κ2) is 14.2. The third kappa shape index (κ3) is 12.5. The third-order valence-electron chi connectivity index (χ3n) is 4.61. The Morgan fingerprint density at radius 3 is 2.06 bits per heavy atom. The van der Waals surface area contributed by atoms with Gasteiger partial charge < -0.3 is 24.5 Å². The van der Waals surface area contributed by atoms with Crippen molar-refractivity contribution in [1.82, 2.24) is 14.7 Å². The van der Waals surface area contributed by atoms with Crippen LogP contribution in [0.15, 0.2) is 0 Å². The number of hydrogen-bond donors (Lipinski definition) is 1. The molecular weight excluding hydrogens is 422 g/mol. The molecule has 0 spiro atoms. The lowest BCUT2D eigenvalue weighted by atomic mass is 10.1. The first kappa shape index (κ1) is 29.0. The predicted octanol–water partition coefficient (Wildman–Crippen LogP) is 2.54. The van der Waals surface area contributed by atoms with Crippen LogP contribution in [-0.2, 0) is 19.1 Å². The number of carbonyl (C=O) groups is 4. The van der Waals surface area contributed by atoms with Crippen molar-refractivity contribution in [1.29, 1.82) is 0 Å². The lowest BCUT2D eigenvalue weighted by molar-refractivity contribution is -0.149. The second-order valence-corrected chi connectivity index (χ2v) is 9.57. The Morgan fingerprint density at radius 2 is 1.55 bits per heavy atom. The van der Waals surface area contributed by atoms with Gasteiger partial charge in [-0.2, -0.15) is 11.8 Å². The lowest BCUT2D eigenvalue weighted by Crippen LogP contribution is -2.50. The number of likely N-dealkylation sites (N-methyl/N-ethyl adjacent to an activating group) is 3. The van der Waals surface area contributed by atoms with Gasteiger partial charge in [0.1, 0.15) is 11.6 Å². The van der Waals surface area contributed by atoms with E-state index >= 15 is 0 Å². The van der Waals surface area contributed by atoms with Crippen molar-refractivity contribution in [2.24, 2.45) is 0 Å². The van der Waals surface area contributed by atoms with Crippen molar-refractivity contribution in [2.75, 3.05) is 46.2 Å². The monoisotopic (exact) mass is 461 g/mol. The molecule has 0 aromatic heterocycles. The summed E-state index contributed by atoms with van der Waals surface area (Å²) in [5.74, 6) is -0.842. The molecule has 0 rings (SSSR count). The van der Waals surface area contributed by atoms with Crippen LogP contribution in [0.25, 0.3) is 0 Å². The molecule has 0 aliphatic carbocycles. The molecule has 0 saturated carbocycles. The Morgan fingerprint density at radius 1 is 0.968 bits per heavy atom. The van der Waals surface area contributed by atoms with Gasteiger partial charge in [-0.3, -0.25) is 14.4 Å². The summed E-state index contributed by atoms with van der Waals surface area (Å²) >= 11 is 1.75. The topological polar surface area (TPSA) is 107 Å². The molecule has 0 unspecified atom stereocenters. The fourth-order valence-electron chi connectivity index (χ4n) is 2.70. The predicted molar refractivity (Wildman–Crippen MR) is 122 cm³/mol. The number of nitrogens with zero attached hydrogens (tertiary/aromatic N) is 3. The van der Waals surface area contributed by atoms with Gasteiger partial charge in [0.25, 0.3) is 0 Å². The van der Waals surface area contributed by atoms with Crippen LogP contribution in [-0.4, -0.2) is 102 Å². The molecule has 0 aliphatic heterocycles. The molecule has 10 heteroatoms. The van der Waals surface area contributed by atoms with E-state index in [0.29, 0.717) is 6.42 Å². The van der Waals surface area contributed by atoms with Crippen LogP contribution < -0.4 is 0 Å². The summed E-state index contributed by atoms with van der Waals surface area (Å²) in [6, 6.07) is -1.09. The Balaban J connectivity index is 4.89. The molecule has 1 atom stereocenters. The molecule has 0 bridgehead atoms. The molecular formula is C21H39N3O6S. The second-order valence-electron chi connectivity index (χ2n) is 8.58. The zero-order valence-electron chi connectivity index (χ0n) is 20.0. The number of carboxylic acids is 1. The van der Waals surface area contributed by atoms with Crippen molar-refractivity contribution in [3.05, 3.63) is 0 Å². The summed E-state index contributed by atoms with van der Waals surface area (Å²) in [6.45, 7) is 5.69. The Labute approximate surface area is 190 Å². The fraction of sp³-hybridized carbons (Fsp3) is 0.810. The molecule has 1 N–H and O–H groups in total. The lowest BCUT2D eigenvalue weighted by Gasteiger charge is -2.31. The van der Waals surface area contributed by atoms with Gasteiger partial charge in [0, 0.05) is 40.7 Å². The van der Waals surface area contributed by atoms with Gasteiger partial charge in [-0.05, 0) is 45.6 Å². The SMILES string of the molecule is CSCCCCCC(=O)N(C)[C@@H](CC(=O)O)C(=O)N(C)CCN(C)C(=O)OC(C)(C)C. The highest BCUT2D eigenvalue weighted by Gasteiger charge is 2.31. The quantitative estimate of drug-likeness (QED) is 0.420. The molecule has 180 valence electrons. The molecule has 0 saturated heterocycles. The first-order valence-corrected chi connectivity index (χ1v) is 11.8. The zero-order valence-corrected chi connectivity index (χ0v) is 20.8. The molecule has 0 aromatic carbocycles. The molecule has 0 radical (unpaired) electrons. The average molecular weight is 462 g/mol. The van der Waals surface area contributed by atoms with Gasteiger partial charge in [-0.1, -0.05) is 6.42 Å². The van der Waals surface area contributed by atoms with E-state index in [1.165, 1.54) is 28.8 Å². The smallest absolute Gasteiger partial charge is 0.410 e. The maximum atomic E-state index is 12.9. The number of carbonyl (C=O) groups excluding carboxylic acids is 3. The molecule has 9 nitrogen and oxygen atoms in total. The first-order chi connectivity index (χ1) is 14.3. The van der Waals surface area contributed by atoms with Crippen LogP contribution in [0.5, 0.6) is 0 Å². The van der Waals surface area contributed by atoms with Gasteiger partial charge in [0.15, 0.2) is 0 Å². The van der Waals surface area contributed by atoms with E-state index in [1.807, 2.05) is 6.26 Å². The maximum Gasteiger partial charge on any atom is 0.410 e. The van der Waals surface area contributed by atoms with Crippen LogP contribution in [0.2, 0.25) is 0 Å². The first-order valence-electron chi connectivity index (χ1n) is 10.5. The highest BCUT2D eigenvalue weighted by Crippen LogP contribution is 2.12.